The number of hydrogen-bond donors (Lipinski definition) is 0. The maximum Gasteiger partial charge on any atom is 0.233 e. The quantitative estimate of drug-likeness (QED) is 0.667. The van der Waals surface area contributed by atoms with Crippen LogP contribution >= 0.6 is 23.1 Å². The molecule has 0 bridgehead atoms. The van der Waals surface area contributed by atoms with Crippen molar-refractivity contribution >= 4 is 29.0 Å². The van der Waals surface area contributed by atoms with Gasteiger partial charge in [0, 0.05) is 30.4 Å². The van der Waals surface area contributed by atoms with Crippen LogP contribution in [0.1, 0.15) is 61.7 Å². The molecule has 0 unspecified atom stereocenters. The number of aromatic nitrogens is 3. The van der Waals surface area contributed by atoms with Crippen LogP contribution in [0.4, 0.5) is 0 Å². The zero-order valence-corrected chi connectivity index (χ0v) is 16.9. The highest BCUT2D eigenvalue weighted by Crippen LogP contribution is 2.39. The highest BCUT2D eigenvalue weighted by Gasteiger charge is 2.30. The average molecular weight is 391 g/mol. The van der Waals surface area contributed by atoms with Gasteiger partial charge in [-0.2, -0.15) is 0 Å². The Hall–Kier alpha value is -1.34. The van der Waals surface area contributed by atoms with Crippen LogP contribution in [0.25, 0.3) is 0 Å². The summed E-state index contributed by atoms with van der Waals surface area (Å²) in [5.41, 5.74) is 0. The molecule has 2 aliphatic rings. The molecule has 2 aliphatic carbocycles. The molecule has 2 aromatic rings. The van der Waals surface area contributed by atoms with Crippen LogP contribution in [0.3, 0.4) is 0 Å². The fourth-order valence-electron chi connectivity index (χ4n) is 3.69. The van der Waals surface area contributed by atoms with E-state index in [1.54, 1.807) is 23.1 Å². The highest BCUT2D eigenvalue weighted by molar-refractivity contribution is 7.99. The van der Waals surface area contributed by atoms with Crippen LogP contribution in [0.15, 0.2) is 22.7 Å². The van der Waals surface area contributed by atoms with Crippen molar-refractivity contribution in [3.63, 3.8) is 0 Å². The van der Waals surface area contributed by atoms with Crippen molar-refractivity contribution in [2.24, 2.45) is 0 Å². The monoisotopic (exact) mass is 390 g/mol. The van der Waals surface area contributed by atoms with Gasteiger partial charge in [-0.3, -0.25) is 4.79 Å². The molecule has 2 fully saturated rings. The van der Waals surface area contributed by atoms with E-state index in [9.17, 15) is 4.79 Å². The summed E-state index contributed by atoms with van der Waals surface area (Å²) >= 11 is 3.31. The molecule has 0 aliphatic heterocycles. The predicted molar refractivity (Wildman–Crippen MR) is 106 cm³/mol. The Bertz CT molecular complexity index is 733. The number of rotatable bonds is 7. The van der Waals surface area contributed by atoms with Crippen LogP contribution < -0.4 is 0 Å². The topological polar surface area (TPSA) is 51.0 Å². The summed E-state index contributed by atoms with van der Waals surface area (Å²) in [7, 11) is 1.96. The first kappa shape index (κ1) is 18.0. The van der Waals surface area contributed by atoms with Crippen molar-refractivity contribution < 1.29 is 4.79 Å². The van der Waals surface area contributed by atoms with Crippen molar-refractivity contribution in [1.82, 2.24) is 19.7 Å². The molecule has 2 saturated carbocycles. The van der Waals surface area contributed by atoms with E-state index in [0.717, 1.165) is 30.2 Å². The predicted octanol–water partition coefficient (Wildman–Crippen LogP) is 4.15. The Labute approximate surface area is 163 Å². The van der Waals surface area contributed by atoms with Gasteiger partial charge in [0.2, 0.25) is 5.91 Å². The molecule has 0 saturated heterocycles. The van der Waals surface area contributed by atoms with E-state index in [-0.39, 0.29) is 5.91 Å². The van der Waals surface area contributed by atoms with Crippen LogP contribution in [0.5, 0.6) is 0 Å². The Kier molecular flexibility index (Phi) is 5.64. The summed E-state index contributed by atoms with van der Waals surface area (Å²) in [6.45, 7) is 0. The Morgan fingerprint density at radius 2 is 2.08 bits per heavy atom. The van der Waals surface area contributed by atoms with Crippen LogP contribution in [0, 0.1) is 0 Å². The second-order valence-electron chi connectivity index (χ2n) is 7.34. The lowest BCUT2D eigenvalue weighted by Gasteiger charge is -2.31. The summed E-state index contributed by atoms with van der Waals surface area (Å²) in [4.78, 5) is 15.9. The van der Waals surface area contributed by atoms with Gasteiger partial charge in [-0.15, -0.1) is 21.5 Å². The van der Waals surface area contributed by atoms with Gasteiger partial charge in [0.1, 0.15) is 5.82 Å². The van der Waals surface area contributed by atoms with Crippen molar-refractivity contribution in [2.75, 3.05) is 12.8 Å². The molecule has 2 aromatic heterocycles. The summed E-state index contributed by atoms with van der Waals surface area (Å²) in [6, 6.07) is 5.17. The van der Waals surface area contributed by atoms with Crippen molar-refractivity contribution in [2.45, 2.75) is 68.6 Å². The van der Waals surface area contributed by atoms with Gasteiger partial charge >= 0.3 is 0 Å². The number of amides is 1. The SMILES string of the molecule is CN(C(=O)CSc1nnc(Cc2cccs2)n1C1CC1)C1CCCCC1. The Balaban J connectivity index is 1.40. The molecule has 2 heterocycles. The second kappa shape index (κ2) is 8.13. The molecule has 140 valence electrons. The maximum atomic E-state index is 12.6. The Morgan fingerprint density at radius 1 is 1.27 bits per heavy atom. The molecule has 4 rings (SSSR count). The van der Waals surface area contributed by atoms with Gasteiger partial charge in [-0.25, -0.2) is 0 Å². The molecule has 0 radical (unpaired) electrons. The standard InChI is InChI=1S/C19H26N4OS2/c1-22(14-6-3-2-4-7-14)18(24)13-26-19-21-20-17(23(19)15-9-10-15)12-16-8-5-11-25-16/h5,8,11,14-15H,2-4,6-7,9-10,12-13H2,1H3. The largest absolute Gasteiger partial charge is 0.342 e. The number of nitrogens with zero attached hydrogens (tertiary/aromatic N) is 4. The molecule has 0 aromatic carbocycles. The van der Waals surface area contributed by atoms with E-state index in [2.05, 4.69) is 32.3 Å². The van der Waals surface area contributed by atoms with E-state index in [1.807, 2.05) is 11.9 Å². The van der Waals surface area contributed by atoms with Gasteiger partial charge < -0.3 is 9.47 Å². The Morgan fingerprint density at radius 3 is 2.77 bits per heavy atom. The summed E-state index contributed by atoms with van der Waals surface area (Å²) in [5.74, 6) is 1.70. The number of thiophene rings is 1. The molecule has 26 heavy (non-hydrogen) atoms. The smallest absolute Gasteiger partial charge is 0.233 e. The van der Waals surface area contributed by atoms with E-state index in [0.29, 0.717) is 17.8 Å². The molecular weight excluding hydrogens is 364 g/mol. The molecular formula is C19H26N4OS2. The molecule has 0 N–H and O–H groups in total. The molecule has 0 spiro atoms. The zero-order chi connectivity index (χ0) is 17.9. The summed E-state index contributed by atoms with van der Waals surface area (Å²) in [6.07, 6.45) is 9.32. The van der Waals surface area contributed by atoms with Gasteiger partial charge in [-0.05, 0) is 37.1 Å². The molecule has 0 atom stereocenters. The molecule has 1 amide bonds. The van der Waals surface area contributed by atoms with E-state index < -0.39 is 0 Å². The first-order valence-electron chi connectivity index (χ1n) is 9.57. The highest BCUT2D eigenvalue weighted by atomic mass is 32.2. The molecule has 7 heteroatoms. The minimum absolute atomic E-state index is 0.215. The number of thioether (sulfide) groups is 1. The minimum atomic E-state index is 0.215. The maximum absolute atomic E-state index is 12.6. The number of hydrogen-bond acceptors (Lipinski definition) is 5. The third-order valence-electron chi connectivity index (χ3n) is 5.40. The van der Waals surface area contributed by atoms with Crippen LogP contribution in [-0.4, -0.2) is 44.4 Å². The van der Waals surface area contributed by atoms with Gasteiger partial charge in [0.15, 0.2) is 5.16 Å². The van der Waals surface area contributed by atoms with Gasteiger partial charge in [0.05, 0.1) is 5.75 Å². The van der Waals surface area contributed by atoms with Gasteiger partial charge in [-0.1, -0.05) is 37.1 Å². The zero-order valence-electron chi connectivity index (χ0n) is 15.3. The van der Waals surface area contributed by atoms with Gasteiger partial charge in [0.25, 0.3) is 0 Å². The average Bonchev–Trinajstić information content (AvgIpc) is 3.22. The lowest BCUT2D eigenvalue weighted by molar-refractivity contribution is -0.129. The first-order chi connectivity index (χ1) is 12.7. The van der Waals surface area contributed by atoms with Crippen molar-refractivity contribution in [3.05, 3.63) is 28.2 Å². The normalized spacial score (nSPS) is 18.2. The lowest BCUT2D eigenvalue weighted by Crippen LogP contribution is -2.39. The third-order valence-corrected chi connectivity index (χ3v) is 7.20. The third kappa shape index (κ3) is 4.14. The van der Waals surface area contributed by atoms with Crippen molar-refractivity contribution in [1.29, 1.82) is 0 Å². The minimum Gasteiger partial charge on any atom is -0.342 e. The number of carbonyl (C=O) groups is 1. The summed E-state index contributed by atoms with van der Waals surface area (Å²) in [5, 5.41) is 11.9. The van der Waals surface area contributed by atoms with Crippen molar-refractivity contribution in [3.8, 4) is 0 Å². The molecule has 5 nitrogen and oxygen atoms in total. The fourth-order valence-corrected chi connectivity index (χ4v) is 5.34. The fraction of sp³-hybridized carbons (Fsp3) is 0.632. The lowest BCUT2D eigenvalue weighted by atomic mass is 9.94. The van der Waals surface area contributed by atoms with E-state index >= 15 is 0 Å². The van der Waals surface area contributed by atoms with Crippen LogP contribution in [-0.2, 0) is 11.2 Å². The number of carbonyl (C=O) groups excluding carboxylic acids is 1. The first-order valence-corrected chi connectivity index (χ1v) is 11.4. The summed E-state index contributed by atoms with van der Waals surface area (Å²) < 4.78 is 2.28. The van der Waals surface area contributed by atoms with E-state index in [4.69, 9.17) is 0 Å². The second-order valence-corrected chi connectivity index (χ2v) is 9.32. The van der Waals surface area contributed by atoms with Crippen LogP contribution in [0.2, 0.25) is 0 Å². The van der Waals surface area contributed by atoms with E-state index in [1.165, 1.54) is 37.0 Å².